The van der Waals surface area contributed by atoms with E-state index in [9.17, 15) is 24.0 Å². The molecule has 0 aliphatic heterocycles. The molecule has 0 saturated carbocycles. The molecule has 2 aromatic heterocycles. The van der Waals surface area contributed by atoms with Gasteiger partial charge in [0.25, 0.3) is 11.5 Å². The van der Waals surface area contributed by atoms with Crippen LogP contribution in [-0.4, -0.2) is 74.8 Å². The lowest BCUT2D eigenvalue weighted by molar-refractivity contribution is -0.136. The number of hydrogen-bond acceptors (Lipinski definition) is 8. The zero-order chi connectivity index (χ0) is 28.4. The summed E-state index contributed by atoms with van der Waals surface area (Å²) in [5.41, 5.74) is 0.499. The van der Waals surface area contributed by atoms with Crippen LogP contribution in [0.1, 0.15) is 26.7 Å². The van der Waals surface area contributed by atoms with Crippen molar-refractivity contribution in [3.05, 3.63) is 45.1 Å². The number of aryl methyl sites for hydroxylation is 1. The molecule has 39 heavy (non-hydrogen) atoms. The van der Waals surface area contributed by atoms with Gasteiger partial charge >= 0.3 is 11.7 Å². The molecule has 5 N–H and O–H groups in total. The molecule has 0 aliphatic carbocycles. The van der Waals surface area contributed by atoms with Gasteiger partial charge in [-0.3, -0.25) is 33.6 Å². The van der Waals surface area contributed by atoms with Crippen LogP contribution in [0.5, 0.6) is 5.75 Å². The van der Waals surface area contributed by atoms with Crippen molar-refractivity contribution in [3.63, 3.8) is 0 Å². The first-order valence-corrected chi connectivity index (χ1v) is 12.7. The van der Waals surface area contributed by atoms with Crippen LogP contribution >= 0.6 is 0 Å². The standard InChI is InChI=1S/C25H33N7O7/c1-3-11-31-23-21(24(37)32(12-4-2)25(31)38)29-22(30-23)16-5-7-17(8-6-16)39-15-19(34)28-10-9-27-18(33)13-26-14-20(35)36/h5-8,26H,3-4,9-15H2,1-2H3,(H,27,33)(H,28,34)(H,29,30)(H,35,36). The number of aromatic nitrogens is 4. The maximum absolute atomic E-state index is 12.9. The van der Waals surface area contributed by atoms with Crippen molar-refractivity contribution >= 4 is 28.9 Å². The molecule has 0 fully saturated rings. The molecule has 14 heteroatoms. The van der Waals surface area contributed by atoms with Crippen LogP contribution in [0.2, 0.25) is 0 Å². The van der Waals surface area contributed by atoms with Crippen LogP contribution in [0.4, 0.5) is 0 Å². The number of amides is 2. The summed E-state index contributed by atoms with van der Waals surface area (Å²) < 4.78 is 8.26. The molecule has 2 heterocycles. The third-order valence-electron chi connectivity index (χ3n) is 5.58. The second kappa shape index (κ2) is 13.9. The van der Waals surface area contributed by atoms with E-state index in [0.29, 0.717) is 48.7 Å². The first-order valence-electron chi connectivity index (χ1n) is 12.7. The van der Waals surface area contributed by atoms with E-state index in [2.05, 4.69) is 25.9 Å². The van der Waals surface area contributed by atoms with Gasteiger partial charge in [-0.2, -0.15) is 0 Å². The summed E-state index contributed by atoms with van der Waals surface area (Å²) in [6, 6.07) is 6.78. The number of carbonyl (C=O) groups excluding carboxylic acids is 2. The number of carboxylic acid groups (broad SMARTS) is 1. The molecule has 2 amide bonds. The normalized spacial score (nSPS) is 10.9. The zero-order valence-electron chi connectivity index (χ0n) is 21.9. The van der Waals surface area contributed by atoms with Gasteiger partial charge in [0.2, 0.25) is 5.91 Å². The quantitative estimate of drug-likeness (QED) is 0.160. The Morgan fingerprint density at radius 2 is 1.59 bits per heavy atom. The Hall–Kier alpha value is -4.46. The molecular formula is C25H33N7O7. The minimum Gasteiger partial charge on any atom is -0.484 e. The number of nitrogens with zero attached hydrogens (tertiary/aromatic N) is 3. The molecule has 0 saturated heterocycles. The van der Waals surface area contributed by atoms with Crippen molar-refractivity contribution in [1.82, 2.24) is 35.1 Å². The van der Waals surface area contributed by atoms with Crippen LogP contribution in [-0.2, 0) is 27.5 Å². The van der Waals surface area contributed by atoms with E-state index in [4.69, 9.17) is 9.84 Å². The number of H-pyrrole nitrogens is 1. The number of aromatic amines is 1. The van der Waals surface area contributed by atoms with E-state index in [0.717, 1.165) is 0 Å². The summed E-state index contributed by atoms with van der Waals surface area (Å²) in [6.07, 6.45) is 1.36. The van der Waals surface area contributed by atoms with Crippen LogP contribution in [0.15, 0.2) is 33.9 Å². The first-order chi connectivity index (χ1) is 18.7. The fraction of sp³-hybridized carbons (Fsp3) is 0.440. The molecule has 0 spiro atoms. The highest BCUT2D eigenvalue weighted by Gasteiger charge is 2.17. The van der Waals surface area contributed by atoms with Crippen molar-refractivity contribution in [1.29, 1.82) is 0 Å². The molecule has 210 valence electrons. The van der Waals surface area contributed by atoms with E-state index in [1.807, 2.05) is 13.8 Å². The number of carboxylic acids is 1. The van der Waals surface area contributed by atoms with Gasteiger partial charge in [0.1, 0.15) is 17.1 Å². The van der Waals surface area contributed by atoms with E-state index in [1.54, 1.807) is 24.3 Å². The van der Waals surface area contributed by atoms with Gasteiger partial charge in [0.15, 0.2) is 12.3 Å². The lowest BCUT2D eigenvalue weighted by atomic mass is 10.2. The monoisotopic (exact) mass is 543 g/mol. The number of aliphatic carboxylic acids is 1. The van der Waals surface area contributed by atoms with Crippen molar-refractivity contribution in [2.24, 2.45) is 0 Å². The Bertz CT molecular complexity index is 1420. The van der Waals surface area contributed by atoms with Crippen molar-refractivity contribution in [2.45, 2.75) is 39.8 Å². The lowest BCUT2D eigenvalue weighted by Gasteiger charge is -2.09. The van der Waals surface area contributed by atoms with Gasteiger partial charge in [0.05, 0.1) is 13.1 Å². The van der Waals surface area contributed by atoms with Gasteiger partial charge in [-0.1, -0.05) is 13.8 Å². The van der Waals surface area contributed by atoms with E-state index in [-0.39, 0.29) is 55.8 Å². The second-order valence-electron chi connectivity index (χ2n) is 8.69. The molecule has 0 atom stereocenters. The summed E-state index contributed by atoms with van der Waals surface area (Å²) in [5, 5.41) is 16.1. The number of fused-ring (bicyclic) bond motifs is 1. The zero-order valence-corrected chi connectivity index (χ0v) is 21.9. The van der Waals surface area contributed by atoms with Crippen molar-refractivity contribution in [3.8, 4) is 17.1 Å². The highest BCUT2D eigenvalue weighted by Crippen LogP contribution is 2.21. The van der Waals surface area contributed by atoms with Gasteiger partial charge < -0.3 is 25.5 Å². The molecule has 0 bridgehead atoms. The van der Waals surface area contributed by atoms with Gasteiger partial charge in [-0.25, -0.2) is 9.78 Å². The van der Waals surface area contributed by atoms with Crippen molar-refractivity contribution < 1.29 is 24.2 Å². The van der Waals surface area contributed by atoms with E-state index < -0.39 is 11.5 Å². The van der Waals surface area contributed by atoms with Gasteiger partial charge in [-0.05, 0) is 37.1 Å². The first kappa shape index (κ1) is 29.1. The molecule has 3 aromatic rings. The minimum atomic E-state index is -1.06. The number of rotatable bonds is 15. The smallest absolute Gasteiger partial charge is 0.332 e. The number of ether oxygens (including phenoxy) is 1. The Labute approximate surface area is 223 Å². The number of hydrogen-bond donors (Lipinski definition) is 5. The summed E-state index contributed by atoms with van der Waals surface area (Å²) in [4.78, 5) is 67.3. The van der Waals surface area contributed by atoms with E-state index >= 15 is 0 Å². The average Bonchev–Trinajstić information content (AvgIpc) is 3.36. The maximum Gasteiger partial charge on any atom is 0.332 e. The summed E-state index contributed by atoms with van der Waals surface area (Å²) in [7, 11) is 0. The lowest BCUT2D eigenvalue weighted by Crippen LogP contribution is -2.40. The van der Waals surface area contributed by atoms with Crippen LogP contribution in [0, 0.1) is 0 Å². The number of carbonyl (C=O) groups is 3. The van der Waals surface area contributed by atoms with Crippen LogP contribution < -0.4 is 31.9 Å². The second-order valence-corrected chi connectivity index (χ2v) is 8.69. The molecule has 0 aliphatic rings. The third-order valence-corrected chi connectivity index (χ3v) is 5.58. The molecule has 0 radical (unpaired) electrons. The topological polar surface area (TPSA) is 189 Å². The summed E-state index contributed by atoms with van der Waals surface area (Å²) >= 11 is 0. The molecule has 3 rings (SSSR count). The van der Waals surface area contributed by atoms with Gasteiger partial charge in [0, 0.05) is 31.7 Å². The van der Waals surface area contributed by atoms with E-state index in [1.165, 1.54) is 9.13 Å². The Kier molecular flexibility index (Phi) is 10.4. The van der Waals surface area contributed by atoms with Crippen LogP contribution in [0.3, 0.4) is 0 Å². The summed E-state index contributed by atoms with van der Waals surface area (Å²) in [6.45, 7) is 4.29. The minimum absolute atomic E-state index is 0.136. The fourth-order valence-corrected chi connectivity index (χ4v) is 3.81. The molecule has 1 aromatic carbocycles. The van der Waals surface area contributed by atoms with Crippen molar-refractivity contribution in [2.75, 3.05) is 32.8 Å². The maximum atomic E-state index is 12.9. The highest BCUT2D eigenvalue weighted by atomic mass is 16.5. The average molecular weight is 544 g/mol. The SMILES string of the molecule is CCCn1c(=O)c2[nH]c(-c3ccc(OCC(=O)NCCNC(=O)CNCC(=O)O)cc3)nc2n(CCC)c1=O. The number of nitrogens with one attached hydrogen (secondary N) is 4. The summed E-state index contributed by atoms with van der Waals surface area (Å²) in [5.74, 6) is -0.948. The molecular weight excluding hydrogens is 510 g/mol. The third kappa shape index (κ3) is 7.77. The predicted octanol–water partition coefficient (Wildman–Crippen LogP) is -0.341. The Balaban J connectivity index is 1.56. The largest absolute Gasteiger partial charge is 0.484 e. The Morgan fingerprint density at radius 3 is 2.23 bits per heavy atom. The number of imidazole rings is 1. The van der Waals surface area contributed by atoms with Gasteiger partial charge in [-0.15, -0.1) is 0 Å². The van der Waals surface area contributed by atoms with Crippen LogP contribution in [0.25, 0.3) is 22.6 Å². The molecule has 0 unspecified atom stereocenters. The fourth-order valence-electron chi connectivity index (χ4n) is 3.81. The predicted molar refractivity (Wildman–Crippen MR) is 143 cm³/mol. The Morgan fingerprint density at radius 1 is 0.949 bits per heavy atom. The number of benzene rings is 1. The molecule has 14 nitrogen and oxygen atoms in total. The highest BCUT2D eigenvalue weighted by molar-refractivity contribution is 5.79.